The summed E-state index contributed by atoms with van der Waals surface area (Å²) >= 11 is 6.50. The number of nitrogens with zero attached hydrogens (tertiary/aromatic N) is 1. The Morgan fingerprint density at radius 3 is 2.83 bits per heavy atom. The van der Waals surface area contributed by atoms with Crippen molar-refractivity contribution in [3.05, 3.63) is 59.2 Å². The van der Waals surface area contributed by atoms with E-state index < -0.39 is 21.2 Å². The second-order valence-corrected chi connectivity index (χ2v) is 14.8. The first-order chi connectivity index (χ1) is 19.1. The number of anilines is 1. The van der Waals surface area contributed by atoms with Crippen LogP contribution in [0.4, 0.5) is 5.69 Å². The molecule has 9 heteroatoms. The lowest BCUT2D eigenvalue weighted by Gasteiger charge is -2.45. The molecule has 6 rings (SSSR count). The van der Waals surface area contributed by atoms with Crippen molar-refractivity contribution in [1.82, 2.24) is 4.72 Å². The molecule has 1 unspecified atom stereocenters. The highest BCUT2D eigenvalue weighted by Crippen LogP contribution is 2.51. The molecule has 1 amide bonds. The summed E-state index contributed by atoms with van der Waals surface area (Å²) in [4.78, 5) is 28.6. The molecule has 1 aromatic rings. The highest BCUT2D eigenvalue weighted by molar-refractivity contribution is 7.90. The van der Waals surface area contributed by atoms with E-state index in [-0.39, 0.29) is 34.0 Å². The molecule has 2 saturated carbocycles. The standard InChI is InChI=1S/C31H37ClN2O5S/c1-20-5-2-3-7-28(35)25-11-8-23(25)17-34-18-31(14-4-6-21-15-24(32)10-12-26(21)31)19-39-29-13-9-22(16-27(29)34)30(36)33-40(20,37)38/h3,7,9,12-13,15-16,20,23-25H,2,4-6,8,10-11,14,17-19H2,1H3,(H,33,36)/b7-3-/t20-,23-,24?,25+,31-/m0/s1. The van der Waals surface area contributed by atoms with Gasteiger partial charge in [0, 0.05) is 30.0 Å². The number of sulfonamides is 1. The number of allylic oxidation sites excluding steroid dienone is 5. The van der Waals surface area contributed by atoms with Crippen LogP contribution in [0.25, 0.3) is 0 Å². The molecule has 7 nitrogen and oxygen atoms in total. The maximum Gasteiger partial charge on any atom is 0.264 e. The summed E-state index contributed by atoms with van der Waals surface area (Å²) in [5.41, 5.74) is 3.45. The number of ether oxygens (including phenoxy) is 1. The maximum atomic E-state index is 13.2. The zero-order chi connectivity index (χ0) is 28.1. The van der Waals surface area contributed by atoms with Gasteiger partial charge in [0.25, 0.3) is 5.91 Å². The number of alkyl halides is 1. The minimum Gasteiger partial charge on any atom is -0.490 e. The number of hydrogen-bond acceptors (Lipinski definition) is 6. The molecule has 1 N–H and O–H groups in total. The monoisotopic (exact) mass is 584 g/mol. The number of ketones is 1. The van der Waals surface area contributed by atoms with Gasteiger partial charge in [-0.1, -0.05) is 18.2 Å². The van der Waals surface area contributed by atoms with Crippen molar-refractivity contribution in [2.75, 3.05) is 24.6 Å². The maximum absolute atomic E-state index is 13.2. The number of benzene rings is 1. The van der Waals surface area contributed by atoms with E-state index in [0.29, 0.717) is 38.3 Å². The Labute approximate surface area is 241 Å². The predicted octanol–water partition coefficient (Wildman–Crippen LogP) is 5.31. The zero-order valence-electron chi connectivity index (χ0n) is 22.9. The van der Waals surface area contributed by atoms with Crippen molar-refractivity contribution in [2.45, 2.75) is 68.9 Å². The summed E-state index contributed by atoms with van der Waals surface area (Å²) in [5.74, 6) is 0.312. The van der Waals surface area contributed by atoms with Crippen LogP contribution in [0, 0.1) is 17.3 Å². The number of carbonyl (C=O) groups excluding carboxylic acids is 2. The van der Waals surface area contributed by atoms with Crippen LogP contribution in [0.15, 0.2) is 53.6 Å². The van der Waals surface area contributed by atoms with E-state index in [9.17, 15) is 18.0 Å². The first kappa shape index (κ1) is 27.6. The third-order valence-corrected chi connectivity index (χ3v) is 11.6. The Balaban J connectivity index is 1.41. The van der Waals surface area contributed by atoms with E-state index in [0.717, 1.165) is 44.2 Å². The van der Waals surface area contributed by atoms with Gasteiger partial charge in [-0.15, -0.1) is 11.6 Å². The number of amides is 1. The van der Waals surface area contributed by atoms with Crippen molar-refractivity contribution >= 4 is 39.0 Å². The molecule has 2 aliphatic heterocycles. The molecule has 40 heavy (non-hydrogen) atoms. The van der Waals surface area contributed by atoms with Crippen LogP contribution in [-0.4, -0.2) is 50.4 Å². The molecule has 0 saturated heterocycles. The Bertz CT molecular complexity index is 1420. The van der Waals surface area contributed by atoms with E-state index >= 15 is 0 Å². The van der Waals surface area contributed by atoms with Crippen LogP contribution in [0.3, 0.4) is 0 Å². The Morgan fingerprint density at radius 1 is 1.18 bits per heavy atom. The van der Waals surface area contributed by atoms with Crippen LogP contribution >= 0.6 is 11.6 Å². The Hall–Kier alpha value is -2.58. The SMILES string of the molecule is C[C@H]1CC/C=C\C(=O)[C@@H]2CC[C@H]2CN2C[C@@]3(CCCC4=CC(Cl)CC=C43)COc3ccc(cc32)C(=O)NS1(=O)=O. The molecular weight excluding hydrogens is 548 g/mol. The number of halogens is 1. The summed E-state index contributed by atoms with van der Waals surface area (Å²) in [5, 5.41) is -0.762. The number of carbonyl (C=O) groups is 2. The molecule has 2 bridgehead atoms. The van der Waals surface area contributed by atoms with E-state index in [1.165, 1.54) is 11.1 Å². The molecule has 0 aromatic heterocycles. The zero-order valence-corrected chi connectivity index (χ0v) is 24.5. The molecule has 1 spiro atoms. The lowest BCUT2D eigenvalue weighted by atomic mass is 9.66. The number of hydrogen-bond donors (Lipinski definition) is 1. The minimum atomic E-state index is -3.88. The molecule has 1 aromatic carbocycles. The Morgan fingerprint density at radius 2 is 2.02 bits per heavy atom. The van der Waals surface area contributed by atoms with Crippen molar-refractivity contribution in [3.8, 4) is 5.75 Å². The Kier molecular flexibility index (Phi) is 7.36. The van der Waals surface area contributed by atoms with Crippen LogP contribution in [-0.2, 0) is 14.8 Å². The summed E-state index contributed by atoms with van der Waals surface area (Å²) < 4.78 is 34.6. The molecule has 5 aliphatic rings. The summed E-state index contributed by atoms with van der Waals surface area (Å²) in [7, 11) is -3.88. The third kappa shape index (κ3) is 5.13. The van der Waals surface area contributed by atoms with Gasteiger partial charge in [-0.3, -0.25) is 9.59 Å². The molecular formula is C31H37ClN2O5S. The fourth-order valence-corrected chi connectivity index (χ4v) is 8.29. The molecule has 3 aliphatic carbocycles. The van der Waals surface area contributed by atoms with E-state index in [1.807, 2.05) is 0 Å². The average Bonchev–Trinajstić information content (AvgIpc) is 3.05. The molecule has 214 valence electrons. The lowest BCUT2D eigenvalue weighted by molar-refractivity contribution is -0.122. The summed E-state index contributed by atoms with van der Waals surface area (Å²) in [6.45, 7) is 3.47. The second kappa shape index (κ2) is 10.7. The molecule has 2 heterocycles. The van der Waals surface area contributed by atoms with E-state index in [1.54, 1.807) is 37.3 Å². The predicted molar refractivity (Wildman–Crippen MR) is 156 cm³/mol. The lowest BCUT2D eigenvalue weighted by Crippen LogP contribution is -2.48. The fourth-order valence-electron chi connectivity index (χ4n) is 7.02. The smallest absolute Gasteiger partial charge is 0.264 e. The largest absolute Gasteiger partial charge is 0.490 e. The number of nitrogens with one attached hydrogen (secondary N) is 1. The van der Waals surface area contributed by atoms with Gasteiger partial charge >= 0.3 is 0 Å². The van der Waals surface area contributed by atoms with Gasteiger partial charge in [-0.25, -0.2) is 13.1 Å². The van der Waals surface area contributed by atoms with E-state index in [4.69, 9.17) is 16.3 Å². The van der Waals surface area contributed by atoms with Crippen LogP contribution < -0.4 is 14.4 Å². The van der Waals surface area contributed by atoms with Crippen molar-refractivity contribution in [1.29, 1.82) is 0 Å². The van der Waals surface area contributed by atoms with Crippen LogP contribution in [0.1, 0.15) is 68.6 Å². The quantitative estimate of drug-likeness (QED) is 0.415. The van der Waals surface area contributed by atoms with Crippen molar-refractivity contribution in [3.63, 3.8) is 0 Å². The molecule has 2 fully saturated rings. The van der Waals surface area contributed by atoms with Crippen LogP contribution in [0.5, 0.6) is 5.75 Å². The van der Waals surface area contributed by atoms with Gasteiger partial charge in [-0.2, -0.15) is 0 Å². The molecule has 0 radical (unpaired) electrons. The first-order valence-corrected chi connectivity index (χ1v) is 16.5. The highest BCUT2D eigenvalue weighted by Gasteiger charge is 2.46. The molecule has 5 atom stereocenters. The van der Waals surface area contributed by atoms with Gasteiger partial charge in [-0.05, 0) is 99.6 Å². The van der Waals surface area contributed by atoms with E-state index in [2.05, 4.69) is 21.8 Å². The van der Waals surface area contributed by atoms with Crippen LogP contribution in [0.2, 0.25) is 0 Å². The normalized spacial score (nSPS) is 34.6. The summed E-state index contributed by atoms with van der Waals surface area (Å²) in [6, 6.07) is 5.18. The second-order valence-electron chi connectivity index (χ2n) is 12.2. The third-order valence-electron chi connectivity index (χ3n) is 9.53. The summed E-state index contributed by atoms with van der Waals surface area (Å²) in [6.07, 6.45) is 14.3. The minimum absolute atomic E-state index is 0.00982. The van der Waals surface area contributed by atoms with Gasteiger partial charge in [0.05, 0.1) is 22.9 Å². The van der Waals surface area contributed by atoms with Gasteiger partial charge in [0.15, 0.2) is 5.78 Å². The van der Waals surface area contributed by atoms with Gasteiger partial charge in [0.1, 0.15) is 5.75 Å². The topological polar surface area (TPSA) is 92.8 Å². The highest BCUT2D eigenvalue weighted by atomic mass is 35.5. The fraction of sp³-hybridized carbons (Fsp3) is 0.548. The van der Waals surface area contributed by atoms with Crippen molar-refractivity contribution in [2.24, 2.45) is 17.3 Å². The van der Waals surface area contributed by atoms with Crippen molar-refractivity contribution < 1.29 is 22.7 Å². The number of rotatable bonds is 0. The first-order valence-electron chi connectivity index (χ1n) is 14.5. The van der Waals surface area contributed by atoms with Gasteiger partial charge in [0.2, 0.25) is 10.0 Å². The average molecular weight is 585 g/mol. The van der Waals surface area contributed by atoms with Gasteiger partial charge < -0.3 is 9.64 Å². The number of fused-ring (bicyclic) bond motifs is 4.